The van der Waals surface area contributed by atoms with E-state index < -0.39 is 0 Å². The van der Waals surface area contributed by atoms with Gasteiger partial charge in [-0.15, -0.1) is 0 Å². The van der Waals surface area contributed by atoms with Crippen LogP contribution in [0.3, 0.4) is 0 Å². The third-order valence-corrected chi connectivity index (χ3v) is 5.56. The van der Waals surface area contributed by atoms with E-state index in [9.17, 15) is 9.59 Å². The van der Waals surface area contributed by atoms with Crippen molar-refractivity contribution in [1.29, 1.82) is 0 Å². The highest BCUT2D eigenvalue weighted by molar-refractivity contribution is 7.98. The van der Waals surface area contributed by atoms with Gasteiger partial charge in [-0.2, -0.15) is 0 Å². The molecule has 0 saturated heterocycles. The van der Waals surface area contributed by atoms with Crippen molar-refractivity contribution in [2.75, 3.05) is 19.4 Å². The number of oxazole rings is 1. The van der Waals surface area contributed by atoms with Crippen molar-refractivity contribution in [3.8, 4) is 0 Å². The van der Waals surface area contributed by atoms with Gasteiger partial charge in [-0.25, -0.2) is 4.98 Å². The van der Waals surface area contributed by atoms with Crippen molar-refractivity contribution in [1.82, 2.24) is 9.88 Å². The molecule has 4 aromatic rings. The maximum Gasteiger partial charge on any atom is 0.257 e. The highest BCUT2D eigenvalue weighted by Gasteiger charge is 2.14. The number of anilines is 1. The molecule has 1 aromatic heterocycles. The minimum Gasteiger partial charge on any atom is -0.431 e. The van der Waals surface area contributed by atoms with Crippen LogP contribution in [0.15, 0.2) is 82.4 Å². The lowest BCUT2D eigenvalue weighted by molar-refractivity contribution is 0.0827. The molecule has 1 heterocycles. The number of benzene rings is 3. The molecule has 1 N–H and O–H groups in total. The fraction of sp³-hybridized carbons (Fsp3) is 0.125. The van der Waals surface area contributed by atoms with Crippen LogP contribution in [0.2, 0.25) is 0 Å². The standard InChI is InChI=1S/C24H21N3O3S/c1-27(2)23(29)16-11-13-18(14-12-16)25-22(28)19-8-4-3-7-17(19)15-31-24-26-20-9-5-6-10-21(20)30-24/h3-14H,15H2,1-2H3,(H,25,28). The van der Waals surface area contributed by atoms with E-state index in [0.717, 1.165) is 16.7 Å². The smallest absolute Gasteiger partial charge is 0.257 e. The normalized spacial score (nSPS) is 10.8. The summed E-state index contributed by atoms with van der Waals surface area (Å²) in [5, 5.41) is 3.47. The Morgan fingerprint density at radius 2 is 1.68 bits per heavy atom. The van der Waals surface area contributed by atoms with Gasteiger partial charge in [-0.1, -0.05) is 42.1 Å². The van der Waals surface area contributed by atoms with Crippen molar-refractivity contribution in [3.63, 3.8) is 0 Å². The molecule has 0 bridgehead atoms. The monoisotopic (exact) mass is 431 g/mol. The third kappa shape index (κ3) is 4.78. The van der Waals surface area contributed by atoms with Gasteiger partial charge in [-0.05, 0) is 48.0 Å². The van der Waals surface area contributed by atoms with Crippen LogP contribution in [0.5, 0.6) is 0 Å². The first kappa shape index (κ1) is 20.7. The van der Waals surface area contributed by atoms with Crippen LogP contribution in [0.1, 0.15) is 26.3 Å². The Morgan fingerprint density at radius 3 is 2.42 bits per heavy atom. The Morgan fingerprint density at radius 1 is 0.968 bits per heavy atom. The van der Waals surface area contributed by atoms with Gasteiger partial charge in [0.15, 0.2) is 5.58 Å². The van der Waals surface area contributed by atoms with Crippen LogP contribution < -0.4 is 5.32 Å². The van der Waals surface area contributed by atoms with Crippen molar-refractivity contribution >= 4 is 40.4 Å². The summed E-state index contributed by atoms with van der Waals surface area (Å²) in [6, 6.07) is 21.9. The lowest BCUT2D eigenvalue weighted by atomic mass is 10.1. The number of carbonyl (C=O) groups is 2. The Kier molecular flexibility index (Phi) is 6.04. The molecule has 0 radical (unpaired) electrons. The summed E-state index contributed by atoms with van der Waals surface area (Å²) in [7, 11) is 3.40. The van der Waals surface area contributed by atoms with Crippen molar-refractivity contribution in [2.24, 2.45) is 0 Å². The Hall–Kier alpha value is -3.58. The Bertz CT molecular complexity index is 1200. The van der Waals surface area contributed by atoms with Gasteiger partial charge in [0.05, 0.1) is 0 Å². The van der Waals surface area contributed by atoms with E-state index in [0.29, 0.717) is 27.8 Å². The molecule has 0 spiro atoms. The van der Waals surface area contributed by atoms with Crippen LogP contribution in [0.25, 0.3) is 11.1 Å². The fourth-order valence-electron chi connectivity index (χ4n) is 3.07. The van der Waals surface area contributed by atoms with Crippen LogP contribution in [-0.4, -0.2) is 35.8 Å². The van der Waals surface area contributed by atoms with Crippen molar-refractivity contribution in [3.05, 3.63) is 89.5 Å². The molecule has 0 aliphatic heterocycles. The highest BCUT2D eigenvalue weighted by atomic mass is 32.2. The summed E-state index contributed by atoms with van der Waals surface area (Å²) in [5.41, 5.74) is 4.21. The second-order valence-electron chi connectivity index (χ2n) is 7.12. The van der Waals surface area contributed by atoms with Gasteiger partial charge in [0.25, 0.3) is 17.0 Å². The number of nitrogens with zero attached hydrogens (tertiary/aromatic N) is 2. The summed E-state index contributed by atoms with van der Waals surface area (Å²) >= 11 is 1.45. The third-order valence-electron chi connectivity index (χ3n) is 4.68. The van der Waals surface area contributed by atoms with Crippen molar-refractivity contribution < 1.29 is 14.0 Å². The molecule has 4 rings (SSSR count). The predicted molar refractivity (Wildman–Crippen MR) is 122 cm³/mol. The first-order chi connectivity index (χ1) is 15.0. The quantitative estimate of drug-likeness (QED) is 0.431. The summed E-state index contributed by atoms with van der Waals surface area (Å²) in [5.74, 6) is 0.257. The number of hydrogen-bond acceptors (Lipinski definition) is 5. The molecule has 0 atom stereocenters. The minimum absolute atomic E-state index is 0.0838. The Labute approximate surface area is 184 Å². The zero-order valence-electron chi connectivity index (χ0n) is 17.2. The average Bonchev–Trinajstić information content (AvgIpc) is 3.21. The molecule has 2 amide bonds. The van der Waals surface area contributed by atoms with Gasteiger partial charge in [-0.3, -0.25) is 9.59 Å². The largest absolute Gasteiger partial charge is 0.431 e. The second-order valence-corrected chi connectivity index (χ2v) is 8.05. The van der Waals surface area contributed by atoms with Crippen LogP contribution >= 0.6 is 11.8 Å². The second kappa shape index (κ2) is 9.06. The number of hydrogen-bond donors (Lipinski definition) is 1. The molecule has 0 aliphatic rings. The summed E-state index contributed by atoms with van der Waals surface area (Å²) in [4.78, 5) is 30.9. The maximum atomic E-state index is 12.9. The molecule has 0 fully saturated rings. The van der Waals surface area contributed by atoms with E-state index in [1.54, 1.807) is 44.4 Å². The van der Waals surface area contributed by atoms with Gasteiger partial charge >= 0.3 is 0 Å². The predicted octanol–water partition coefficient (Wildman–Crippen LogP) is 5.07. The van der Waals surface area contributed by atoms with Crippen LogP contribution in [-0.2, 0) is 5.75 Å². The number of carbonyl (C=O) groups excluding carboxylic acids is 2. The fourth-order valence-corrected chi connectivity index (χ4v) is 3.92. The van der Waals surface area contributed by atoms with Gasteiger partial charge in [0.2, 0.25) is 0 Å². The SMILES string of the molecule is CN(C)C(=O)c1ccc(NC(=O)c2ccccc2CSc2nc3ccccc3o2)cc1. The molecule has 31 heavy (non-hydrogen) atoms. The van der Waals surface area contributed by atoms with E-state index >= 15 is 0 Å². The molecular formula is C24H21N3O3S. The number of rotatable bonds is 6. The maximum absolute atomic E-state index is 12.9. The average molecular weight is 432 g/mol. The zero-order chi connectivity index (χ0) is 21.8. The van der Waals surface area contributed by atoms with Crippen LogP contribution in [0, 0.1) is 0 Å². The van der Waals surface area contributed by atoms with E-state index in [-0.39, 0.29) is 11.8 Å². The zero-order valence-corrected chi connectivity index (χ0v) is 18.0. The number of aromatic nitrogens is 1. The molecule has 3 aromatic carbocycles. The molecule has 156 valence electrons. The van der Waals surface area contributed by atoms with E-state index in [1.165, 1.54) is 16.7 Å². The molecule has 6 nitrogen and oxygen atoms in total. The number of nitrogens with one attached hydrogen (secondary N) is 1. The molecule has 0 aliphatic carbocycles. The van der Waals surface area contributed by atoms with E-state index in [4.69, 9.17) is 4.42 Å². The van der Waals surface area contributed by atoms with Crippen molar-refractivity contribution in [2.45, 2.75) is 11.0 Å². The number of thioether (sulfide) groups is 1. The molecule has 0 unspecified atom stereocenters. The summed E-state index contributed by atoms with van der Waals surface area (Å²) in [6.45, 7) is 0. The molecule has 7 heteroatoms. The molecular weight excluding hydrogens is 410 g/mol. The number of amides is 2. The van der Waals surface area contributed by atoms with E-state index in [1.807, 2.05) is 42.5 Å². The van der Waals surface area contributed by atoms with Gasteiger partial charge in [0, 0.05) is 36.7 Å². The van der Waals surface area contributed by atoms with Gasteiger partial charge in [0.1, 0.15) is 5.52 Å². The first-order valence-electron chi connectivity index (χ1n) is 9.70. The van der Waals surface area contributed by atoms with Crippen LogP contribution in [0.4, 0.5) is 5.69 Å². The number of fused-ring (bicyclic) bond motifs is 1. The summed E-state index contributed by atoms with van der Waals surface area (Å²) in [6.07, 6.45) is 0. The topological polar surface area (TPSA) is 75.4 Å². The first-order valence-corrected chi connectivity index (χ1v) is 10.7. The highest BCUT2D eigenvalue weighted by Crippen LogP contribution is 2.27. The lowest BCUT2D eigenvalue weighted by Crippen LogP contribution is -2.21. The number of para-hydroxylation sites is 2. The molecule has 0 saturated carbocycles. The Balaban J connectivity index is 1.46. The summed E-state index contributed by atoms with van der Waals surface area (Å²) < 4.78 is 5.75. The van der Waals surface area contributed by atoms with E-state index in [2.05, 4.69) is 10.3 Å². The lowest BCUT2D eigenvalue weighted by Gasteiger charge is -2.12. The van der Waals surface area contributed by atoms with Gasteiger partial charge < -0.3 is 14.6 Å². The minimum atomic E-state index is -0.208.